The third-order valence-electron chi connectivity index (χ3n) is 2.60. The van der Waals surface area contributed by atoms with Gasteiger partial charge in [0.25, 0.3) is 0 Å². The van der Waals surface area contributed by atoms with E-state index in [1.807, 2.05) is 25.1 Å². The molecule has 2 amide bonds. The summed E-state index contributed by atoms with van der Waals surface area (Å²) in [5, 5.41) is 5.48. The van der Waals surface area contributed by atoms with Crippen LogP contribution in [0.25, 0.3) is 0 Å². The molecule has 2 N–H and O–H groups in total. The van der Waals surface area contributed by atoms with Gasteiger partial charge < -0.3 is 19.8 Å². The van der Waals surface area contributed by atoms with E-state index in [1.54, 1.807) is 24.5 Å². The van der Waals surface area contributed by atoms with Gasteiger partial charge in [-0.25, -0.2) is 4.79 Å². The second kappa shape index (κ2) is 7.23. The molecule has 0 bridgehead atoms. The molecule has 2 rings (SSSR count). The van der Waals surface area contributed by atoms with E-state index < -0.39 is 0 Å². The van der Waals surface area contributed by atoms with E-state index >= 15 is 0 Å². The summed E-state index contributed by atoms with van der Waals surface area (Å²) in [4.78, 5) is 11.8. The van der Waals surface area contributed by atoms with E-state index in [1.165, 1.54) is 0 Å². The van der Waals surface area contributed by atoms with Gasteiger partial charge in [0.15, 0.2) is 0 Å². The van der Waals surface area contributed by atoms with Crippen LogP contribution < -0.4 is 15.4 Å². The monoisotopic (exact) mass is 274 g/mol. The lowest BCUT2D eigenvalue weighted by Crippen LogP contribution is -2.28. The number of benzene rings is 1. The molecule has 0 aliphatic carbocycles. The summed E-state index contributed by atoms with van der Waals surface area (Å²) in [6, 6.07) is 10.6. The van der Waals surface area contributed by atoms with Crippen molar-refractivity contribution in [3.63, 3.8) is 0 Å². The molecule has 0 aliphatic heterocycles. The maximum atomic E-state index is 11.8. The number of para-hydroxylation sites is 2. The normalized spacial score (nSPS) is 10.1. The molecule has 0 unspecified atom stereocenters. The van der Waals surface area contributed by atoms with Gasteiger partial charge in [-0.2, -0.15) is 0 Å². The van der Waals surface area contributed by atoms with E-state index in [4.69, 9.17) is 9.15 Å². The lowest BCUT2D eigenvalue weighted by Gasteiger charge is -2.12. The van der Waals surface area contributed by atoms with Crippen LogP contribution in [0.1, 0.15) is 19.1 Å². The standard InChI is InChI=1S/C15H18N2O3/c1-2-9-20-14-8-4-3-7-13(14)17-15(18)16-11-12-6-5-10-19-12/h3-8,10H,2,9,11H2,1H3,(H2,16,17,18). The summed E-state index contributed by atoms with van der Waals surface area (Å²) in [5.41, 5.74) is 0.651. The summed E-state index contributed by atoms with van der Waals surface area (Å²) in [6.45, 7) is 3.00. The molecule has 106 valence electrons. The SMILES string of the molecule is CCCOc1ccccc1NC(=O)NCc1ccco1. The molecular weight excluding hydrogens is 256 g/mol. The van der Waals surface area contributed by atoms with Crippen LogP contribution in [0.4, 0.5) is 10.5 Å². The Morgan fingerprint density at radius 2 is 2.10 bits per heavy atom. The number of amides is 2. The Kier molecular flexibility index (Phi) is 5.06. The minimum atomic E-state index is -0.297. The van der Waals surface area contributed by atoms with Gasteiger partial charge in [0.05, 0.1) is 25.1 Å². The molecule has 0 fully saturated rings. The molecule has 0 saturated carbocycles. The molecule has 1 heterocycles. The smallest absolute Gasteiger partial charge is 0.319 e. The summed E-state index contributed by atoms with van der Waals surface area (Å²) >= 11 is 0. The molecule has 1 aromatic heterocycles. The molecule has 0 saturated heterocycles. The van der Waals surface area contributed by atoms with Crippen LogP contribution in [-0.2, 0) is 6.54 Å². The fourth-order valence-electron chi connectivity index (χ4n) is 1.65. The van der Waals surface area contributed by atoms with Crippen molar-refractivity contribution in [1.29, 1.82) is 0 Å². The van der Waals surface area contributed by atoms with Crippen LogP contribution in [0, 0.1) is 0 Å². The first kappa shape index (κ1) is 14.0. The number of urea groups is 1. The number of hydrogen-bond donors (Lipinski definition) is 2. The highest BCUT2D eigenvalue weighted by Gasteiger charge is 2.07. The number of anilines is 1. The quantitative estimate of drug-likeness (QED) is 0.848. The Morgan fingerprint density at radius 1 is 1.25 bits per heavy atom. The average molecular weight is 274 g/mol. The van der Waals surface area contributed by atoms with Gasteiger partial charge in [0, 0.05) is 0 Å². The number of furan rings is 1. The van der Waals surface area contributed by atoms with E-state index in [0.29, 0.717) is 30.3 Å². The van der Waals surface area contributed by atoms with Gasteiger partial charge in [-0.05, 0) is 30.7 Å². The molecule has 0 radical (unpaired) electrons. The van der Waals surface area contributed by atoms with Gasteiger partial charge in [-0.1, -0.05) is 19.1 Å². The predicted molar refractivity (Wildman–Crippen MR) is 76.8 cm³/mol. The highest BCUT2D eigenvalue weighted by Crippen LogP contribution is 2.23. The minimum Gasteiger partial charge on any atom is -0.491 e. The largest absolute Gasteiger partial charge is 0.491 e. The average Bonchev–Trinajstić information content (AvgIpc) is 2.97. The van der Waals surface area contributed by atoms with Crippen LogP contribution >= 0.6 is 0 Å². The van der Waals surface area contributed by atoms with Crippen LogP contribution in [0.2, 0.25) is 0 Å². The van der Waals surface area contributed by atoms with Crippen molar-refractivity contribution in [2.24, 2.45) is 0 Å². The maximum Gasteiger partial charge on any atom is 0.319 e. The van der Waals surface area contributed by atoms with E-state index in [2.05, 4.69) is 10.6 Å². The molecule has 20 heavy (non-hydrogen) atoms. The van der Waals surface area contributed by atoms with Crippen molar-refractivity contribution in [2.45, 2.75) is 19.9 Å². The molecule has 5 nitrogen and oxygen atoms in total. The highest BCUT2D eigenvalue weighted by molar-refractivity contribution is 5.90. The summed E-state index contributed by atoms with van der Waals surface area (Å²) < 4.78 is 10.7. The number of ether oxygens (including phenoxy) is 1. The minimum absolute atomic E-state index is 0.297. The Hall–Kier alpha value is -2.43. The first-order chi connectivity index (χ1) is 9.79. The van der Waals surface area contributed by atoms with E-state index in [-0.39, 0.29) is 6.03 Å². The molecule has 0 spiro atoms. The third kappa shape index (κ3) is 4.05. The fraction of sp³-hybridized carbons (Fsp3) is 0.267. The molecule has 0 aliphatic rings. The van der Waals surface area contributed by atoms with Crippen LogP contribution in [-0.4, -0.2) is 12.6 Å². The molecule has 0 atom stereocenters. The highest BCUT2D eigenvalue weighted by atomic mass is 16.5. The second-order valence-electron chi connectivity index (χ2n) is 4.23. The number of carbonyl (C=O) groups is 1. The first-order valence-corrected chi connectivity index (χ1v) is 6.58. The van der Waals surface area contributed by atoms with Crippen molar-refractivity contribution < 1.29 is 13.9 Å². The molecule has 5 heteroatoms. The Labute approximate surface area is 117 Å². The molecule has 2 aromatic rings. The van der Waals surface area contributed by atoms with Gasteiger partial charge in [0.1, 0.15) is 11.5 Å². The summed E-state index contributed by atoms with van der Waals surface area (Å²) in [6.07, 6.45) is 2.49. The third-order valence-corrected chi connectivity index (χ3v) is 2.60. The van der Waals surface area contributed by atoms with Gasteiger partial charge in [-0.3, -0.25) is 0 Å². The zero-order valence-corrected chi connectivity index (χ0v) is 11.4. The second-order valence-corrected chi connectivity index (χ2v) is 4.23. The van der Waals surface area contributed by atoms with Crippen LogP contribution in [0.5, 0.6) is 5.75 Å². The lowest BCUT2D eigenvalue weighted by molar-refractivity contribution is 0.250. The van der Waals surface area contributed by atoms with Crippen molar-refractivity contribution >= 4 is 11.7 Å². The Bertz CT molecular complexity index is 538. The van der Waals surface area contributed by atoms with E-state index in [9.17, 15) is 4.79 Å². The van der Waals surface area contributed by atoms with Crippen molar-refractivity contribution in [1.82, 2.24) is 5.32 Å². The van der Waals surface area contributed by atoms with E-state index in [0.717, 1.165) is 6.42 Å². The van der Waals surface area contributed by atoms with Gasteiger partial charge in [0.2, 0.25) is 0 Å². The number of carbonyl (C=O) groups excluding carboxylic acids is 1. The van der Waals surface area contributed by atoms with Gasteiger partial charge in [-0.15, -0.1) is 0 Å². The molecule has 1 aromatic carbocycles. The lowest BCUT2D eigenvalue weighted by atomic mass is 10.3. The number of hydrogen-bond acceptors (Lipinski definition) is 3. The number of rotatable bonds is 6. The summed E-state index contributed by atoms with van der Waals surface area (Å²) in [5.74, 6) is 1.37. The topological polar surface area (TPSA) is 63.5 Å². The van der Waals surface area contributed by atoms with Crippen molar-refractivity contribution in [3.8, 4) is 5.75 Å². The van der Waals surface area contributed by atoms with Crippen molar-refractivity contribution in [2.75, 3.05) is 11.9 Å². The Morgan fingerprint density at radius 3 is 2.85 bits per heavy atom. The zero-order valence-electron chi connectivity index (χ0n) is 11.4. The zero-order chi connectivity index (χ0) is 14.2. The fourth-order valence-corrected chi connectivity index (χ4v) is 1.65. The molecular formula is C15H18N2O3. The maximum absolute atomic E-state index is 11.8. The Balaban J connectivity index is 1.90. The number of nitrogens with one attached hydrogen (secondary N) is 2. The first-order valence-electron chi connectivity index (χ1n) is 6.58. The predicted octanol–water partition coefficient (Wildman–Crippen LogP) is 3.39. The van der Waals surface area contributed by atoms with Crippen LogP contribution in [0.15, 0.2) is 47.1 Å². The van der Waals surface area contributed by atoms with Crippen molar-refractivity contribution in [3.05, 3.63) is 48.4 Å². The summed E-state index contributed by atoms with van der Waals surface area (Å²) in [7, 11) is 0. The van der Waals surface area contributed by atoms with Crippen LogP contribution in [0.3, 0.4) is 0 Å². The van der Waals surface area contributed by atoms with Gasteiger partial charge >= 0.3 is 6.03 Å².